The Bertz CT molecular complexity index is 1030. The topological polar surface area (TPSA) is 20.3 Å². The number of rotatable bonds is 1. The number of hydrogen-bond donors (Lipinski definition) is 0. The molecule has 3 aromatic carbocycles. The van der Waals surface area contributed by atoms with E-state index in [0.29, 0.717) is 0 Å². The summed E-state index contributed by atoms with van der Waals surface area (Å²) in [5, 5.41) is 0. The highest BCUT2D eigenvalue weighted by atomic mass is 16.1. The largest absolute Gasteiger partial charge is 0.354 e. The number of ketones is 1. The summed E-state index contributed by atoms with van der Waals surface area (Å²) in [5.41, 5.74) is 5.52. The molecule has 1 atom stereocenters. The van der Waals surface area contributed by atoms with Crippen LogP contribution in [0.3, 0.4) is 0 Å². The molecule has 0 radical (unpaired) electrons. The van der Waals surface area contributed by atoms with Crippen molar-refractivity contribution >= 4 is 17.0 Å². The number of para-hydroxylation sites is 1. The summed E-state index contributed by atoms with van der Waals surface area (Å²) in [7, 11) is 2.02. The van der Waals surface area contributed by atoms with Crippen LogP contribution in [-0.2, 0) is 5.54 Å². The van der Waals surface area contributed by atoms with Crippen LogP contribution in [0.2, 0.25) is 0 Å². The van der Waals surface area contributed by atoms with Crippen molar-refractivity contribution in [3.8, 4) is 0 Å². The number of nitrogens with zero attached hydrogens (tertiary/aromatic N) is 1. The van der Waals surface area contributed by atoms with Crippen molar-refractivity contribution in [1.29, 1.82) is 0 Å². The fourth-order valence-electron chi connectivity index (χ4n) is 4.24. The van der Waals surface area contributed by atoms with E-state index in [1.165, 1.54) is 0 Å². The van der Waals surface area contributed by atoms with Gasteiger partial charge in [-0.3, -0.25) is 4.79 Å². The van der Waals surface area contributed by atoms with E-state index < -0.39 is 5.54 Å². The van der Waals surface area contributed by atoms with Crippen molar-refractivity contribution in [2.45, 2.75) is 5.54 Å². The Labute approximate surface area is 147 Å². The van der Waals surface area contributed by atoms with Crippen LogP contribution in [0, 0.1) is 0 Å². The van der Waals surface area contributed by atoms with Gasteiger partial charge in [0.25, 0.3) is 0 Å². The highest BCUT2D eigenvalue weighted by molar-refractivity contribution is 6.18. The van der Waals surface area contributed by atoms with Gasteiger partial charge in [0.15, 0.2) is 5.78 Å². The van der Waals surface area contributed by atoms with Crippen LogP contribution in [0.25, 0.3) is 5.57 Å². The molecule has 1 aliphatic carbocycles. The monoisotopic (exact) mass is 323 g/mol. The van der Waals surface area contributed by atoms with Crippen molar-refractivity contribution in [3.05, 3.63) is 107 Å². The molecule has 1 unspecified atom stereocenters. The lowest BCUT2D eigenvalue weighted by molar-refractivity contribution is 0.0935. The van der Waals surface area contributed by atoms with Crippen molar-refractivity contribution in [3.63, 3.8) is 0 Å². The first kappa shape index (κ1) is 14.2. The summed E-state index contributed by atoms with van der Waals surface area (Å²) in [5.74, 6) is 0.156. The van der Waals surface area contributed by atoms with Gasteiger partial charge >= 0.3 is 0 Å². The third-order valence-electron chi connectivity index (χ3n) is 5.45. The third kappa shape index (κ3) is 1.71. The van der Waals surface area contributed by atoms with Gasteiger partial charge in [0.2, 0.25) is 0 Å². The van der Waals surface area contributed by atoms with Crippen LogP contribution in [0.1, 0.15) is 27.0 Å². The van der Waals surface area contributed by atoms with Crippen molar-refractivity contribution in [2.75, 3.05) is 11.9 Å². The Kier molecular flexibility index (Phi) is 2.81. The summed E-state index contributed by atoms with van der Waals surface area (Å²) in [4.78, 5) is 15.6. The van der Waals surface area contributed by atoms with Gasteiger partial charge in [0.05, 0.1) is 0 Å². The Morgan fingerprint density at radius 3 is 2.16 bits per heavy atom. The lowest BCUT2D eigenvalue weighted by atomic mass is 9.87. The number of benzene rings is 3. The fourth-order valence-corrected chi connectivity index (χ4v) is 4.24. The molecule has 25 heavy (non-hydrogen) atoms. The van der Waals surface area contributed by atoms with Gasteiger partial charge in [-0.25, -0.2) is 0 Å². The predicted molar refractivity (Wildman–Crippen MR) is 101 cm³/mol. The molecule has 0 saturated heterocycles. The van der Waals surface area contributed by atoms with Crippen LogP contribution in [-0.4, -0.2) is 12.8 Å². The van der Waals surface area contributed by atoms with Crippen molar-refractivity contribution in [1.82, 2.24) is 0 Å². The Balaban J connectivity index is 1.81. The molecule has 2 heteroatoms. The van der Waals surface area contributed by atoms with Gasteiger partial charge in [-0.05, 0) is 40.5 Å². The van der Waals surface area contributed by atoms with Gasteiger partial charge in [-0.1, -0.05) is 66.7 Å². The first-order chi connectivity index (χ1) is 12.2. The maximum atomic E-state index is 13.5. The van der Waals surface area contributed by atoms with Crippen LogP contribution in [0.5, 0.6) is 0 Å². The lowest BCUT2D eigenvalue weighted by Gasteiger charge is -2.32. The second-order valence-corrected chi connectivity index (χ2v) is 6.64. The normalized spacial score (nSPS) is 20.6. The molecule has 0 saturated carbocycles. The Morgan fingerprint density at radius 2 is 1.40 bits per heavy atom. The van der Waals surface area contributed by atoms with Crippen LogP contribution >= 0.6 is 0 Å². The smallest absolute Gasteiger partial charge is 0.199 e. The van der Waals surface area contributed by atoms with E-state index in [0.717, 1.165) is 33.5 Å². The van der Waals surface area contributed by atoms with Crippen LogP contribution in [0.4, 0.5) is 5.69 Å². The van der Waals surface area contributed by atoms with Crippen LogP contribution < -0.4 is 4.90 Å². The van der Waals surface area contributed by atoms with E-state index in [2.05, 4.69) is 35.2 Å². The number of carbonyl (C=O) groups is 1. The maximum absolute atomic E-state index is 13.5. The minimum absolute atomic E-state index is 0.156. The van der Waals surface area contributed by atoms with E-state index in [4.69, 9.17) is 0 Å². The molecule has 3 aromatic rings. The van der Waals surface area contributed by atoms with E-state index >= 15 is 0 Å². The molecule has 0 N–H and O–H groups in total. The predicted octanol–water partition coefficient (Wildman–Crippen LogP) is 4.66. The van der Waals surface area contributed by atoms with E-state index in [-0.39, 0.29) is 5.78 Å². The molecule has 1 heterocycles. The molecule has 0 fully saturated rings. The SMILES string of the molecule is CN1c2ccccc2C(=O)C12C=C(c1ccccc1)c1ccccc12. The third-order valence-corrected chi connectivity index (χ3v) is 5.45. The summed E-state index contributed by atoms with van der Waals surface area (Å²) >= 11 is 0. The average molecular weight is 323 g/mol. The van der Waals surface area contributed by atoms with Crippen LogP contribution in [0.15, 0.2) is 84.9 Å². The minimum Gasteiger partial charge on any atom is -0.354 e. The number of fused-ring (bicyclic) bond motifs is 3. The molecule has 2 nitrogen and oxygen atoms in total. The van der Waals surface area contributed by atoms with Gasteiger partial charge in [0.1, 0.15) is 5.54 Å². The fraction of sp³-hybridized carbons (Fsp3) is 0.0870. The number of carbonyl (C=O) groups excluding carboxylic acids is 1. The molecule has 0 amide bonds. The average Bonchev–Trinajstić information content (AvgIpc) is 3.13. The highest BCUT2D eigenvalue weighted by Crippen LogP contribution is 2.52. The molecule has 0 aromatic heterocycles. The van der Waals surface area contributed by atoms with Gasteiger partial charge in [0, 0.05) is 18.3 Å². The minimum atomic E-state index is -0.745. The summed E-state index contributed by atoms with van der Waals surface area (Å²) in [6.45, 7) is 0. The first-order valence-electron chi connectivity index (χ1n) is 8.49. The molecule has 2 aliphatic rings. The number of likely N-dealkylation sites (N-methyl/N-ethyl adjacent to an activating group) is 1. The quantitative estimate of drug-likeness (QED) is 0.649. The summed E-state index contributed by atoms with van der Waals surface area (Å²) in [6.07, 6.45) is 2.15. The summed E-state index contributed by atoms with van der Waals surface area (Å²) < 4.78 is 0. The van der Waals surface area contributed by atoms with Gasteiger partial charge < -0.3 is 4.90 Å². The molecule has 120 valence electrons. The van der Waals surface area contributed by atoms with E-state index in [9.17, 15) is 4.79 Å². The van der Waals surface area contributed by atoms with E-state index in [1.54, 1.807) is 0 Å². The van der Waals surface area contributed by atoms with E-state index in [1.807, 2.05) is 61.6 Å². The zero-order chi connectivity index (χ0) is 17.0. The first-order valence-corrected chi connectivity index (χ1v) is 8.49. The molecule has 0 bridgehead atoms. The standard InChI is InChI=1S/C23H17NO/c1-24-21-14-8-6-12-18(21)22(25)23(24)15-19(16-9-3-2-4-10-16)17-11-5-7-13-20(17)23/h2-15H,1H3. The zero-order valence-electron chi connectivity index (χ0n) is 13.9. The number of anilines is 1. The lowest BCUT2D eigenvalue weighted by Crippen LogP contribution is -2.42. The van der Waals surface area contributed by atoms with Crippen molar-refractivity contribution < 1.29 is 4.79 Å². The molecule has 1 spiro atoms. The second-order valence-electron chi connectivity index (χ2n) is 6.64. The molecule has 1 aliphatic heterocycles. The molecular weight excluding hydrogens is 306 g/mol. The number of Topliss-reactive ketones (excluding diaryl/α,β-unsaturated/α-hetero) is 1. The Hall–Kier alpha value is -3.13. The highest BCUT2D eigenvalue weighted by Gasteiger charge is 2.53. The maximum Gasteiger partial charge on any atom is 0.199 e. The molecule has 5 rings (SSSR count). The second kappa shape index (κ2) is 4.93. The van der Waals surface area contributed by atoms with Gasteiger partial charge in [-0.15, -0.1) is 0 Å². The van der Waals surface area contributed by atoms with Gasteiger partial charge in [-0.2, -0.15) is 0 Å². The summed E-state index contributed by atoms with van der Waals surface area (Å²) in [6, 6.07) is 26.5. The van der Waals surface area contributed by atoms with Crippen molar-refractivity contribution in [2.24, 2.45) is 0 Å². The number of hydrogen-bond acceptors (Lipinski definition) is 2. The zero-order valence-corrected chi connectivity index (χ0v) is 13.9. The Morgan fingerprint density at radius 1 is 0.760 bits per heavy atom. The molecular formula is C23H17NO.